The Kier molecular flexibility index (Phi) is 3.83. The average Bonchev–Trinajstić information content (AvgIpc) is 2.48. The number of carbonyl (C=O) groups excluding carboxylic acids is 1. The number of nitrogens with one attached hydrogen (secondary N) is 2. The smallest absolute Gasteiger partial charge is 0.227 e. The van der Waals surface area contributed by atoms with Crippen LogP contribution in [0.4, 0.5) is 5.69 Å². The van der Waals surface area contributed by atoms with Crippen molar-refractivity contribution >= 4 is 11.6 Å². The molecule has 2 aliphatic rings. The van der Waals surface area contributed by atoms with Gasteiger partial charge in [0.1, 0.15) is 0 Å². The summed E-state index contributed by atoms with van der Waals surface area (Å²) in [7, 11) is 0. The zero-order valence-corrected chi connectivity index (χ0v) is 11.4. The summed E-state index contributed by atoms with van der Waals surface area (Å²) in [6.07, 6.45) is 6.82. The van der Waals surface area contributed by atoms with E-state index in [1.54, 1.807) is 0 Å². The molecule has 3 heteroatoms. The first-order chi connectivity index (χ1) is 9.34. The number of fused-ring (bicyclic) bond motifs is 1. The van der Waals surface area contributed by atoms with Crippen molar-refractivity contribution in [3.05, 3.63) is 29.3 Å². The second kappa shape index (κ2) is 5.74. The van der Waals surface area contributed by atoms with Crippen molar-refractivity contribution < 1.29 is 4.79 Å². The highest BCUT2D eigenvalue weighted by atomic mass is 16.1. The molecule has 1 aliphatic heterocycles. The van der Waals surface area contributed by atoms with Crippen LogP contribution in [0.3, 0.4) is 0 Å². The molecular weight excluding hydrogens is 236 g/mol. The van der Waals surface area contributed by atoms with Crippen LogP contribution in [0, 0.1) is 5.92 Å². The zero-order chi connectivity index (χ0) is 13.1. The minimum Gasteiger partial charge on any atom is -0.326 e. The summed E-state index contributed by atoms with van der Waals surface area (Å²) in [4.78, 5) is 12.3. The Labute approximate surface area is 114 Å². The summed E-state index contributed by atoms with van der Waals surface area (Å²) >= 11 is 0. The van der Waals surface area contributed by atoms with Crippen LogP contribution < -0.4 is 10.6 Å². The van der Waals surface area contributed by atoms with E-state index in [4.69, 9.17) is 0 Å². The zero-order valence-electron chi connectivity index (χ0n) is 11.4. The minimum absolute atomic E-state index is 0.228. The molecule has 0 spiro atoms. The lowest BCUT2D eigenvalue weighted by Gasteiger charge is -2.24. The van der Waals surface area contributed by atoms with Crippen LogP contribution in [0.15, 0.2) is 18.2 Å². The van der Waals surface area contributed by atoms with Crippen molar-refractivity contribution in [2.45, 2.75) is 45.1 Å². The van der Waals surface area contributed by atoms with Crippen LogP contribution >= 0.6 is 0 Å². The molecular formula is C16H22N2O. The summed E-state index contributed by atoms with van der Waals surface area (Å²) in [5.74, 6) is 0.456. The van der Waals surface area contributed by atoms with Crippen LogP contribution in [0.5, 0.6) is 0 Å². The predicted octanol–water partition coefficient (Wildman–Crippen LogP) is 2.85. The van der Waals surface area contributed by atoms with E-state index in [1.165, 1.54) is 30.4 Å². The van der Waals surface area contributed by atoms with Crippen molar-refractivity contribution in [1.82, 2.24) is 5.32 Å². The van der Waals surface area contributed by atoms with Gasteiger partial charge in [0.25, 0.3) is 0 Å². The molecule has 0 saturated heterocycles. The maximum Gasteiger partial charge on any atom is 0.227 e. The lowest BCUT2D eigenvalue weighted by Crippen LogP contribution is -2.28. The van der Waals surface area contributed by atoms with E-state index in [9.17, 15) is 4.79 Å². The number of rotatable bonds is 2. The number of hydrogen-bond donors (Lipinski definition) is 2. The van der Waals surface area contributed by atoms with Gasteiger partial charge in [0.2, 0.25) is 5.91 Å². The van der Waals surface area contributed by atoms with Crippen LogP contribution in [0.25, 0.3) is 0 Å². The lowest BCUT2D eigenvalue weighted by atomic mass is 9.88. The molecule has 1 aliphatic carbocycles. The highest BCUT2D eigenvalue weighted by Crippen LogP contribution is 2.27. The van der Waals surface area contributed by atoms with E-state index >= 15 is 0 Å². The Hall–Kier alpha value is -1.35. The molecule has 1 aromatic rings. The quantitative estimate of drug-likeness (QED) is 0.856. The Balaban J connectivity index is 1.74. The van der Waals surface area contributed by atoms with Crippen molar-refractivity contribution in [2.24, 2.45) is 5.92 Å². The van der Waals surface area contributed by atoms with Crippen LogP contribution in [-0.2, 0) is 17.8 Å². The number of benzene rings is 1. The van der Waals surface area contributed by atoms with Crippen molar-refractivity contribution in [1.29, 1.82) is 0 Å². The van der Waals surface area contributed by atoms with Gasteiger partial charge in [-0.25, -0.2) is 0 Å². The first-order valence-electron chi connectivity index (χ1n) is 7.47. The lowest BCUT2D eigenvalue weighted by molar-refractivity contribution is -0.120. The fraction of sp³-hybridized carbons (Fsp3) is 0.562. The van der Waals surface area contributed by atoms with Gasteiger partial charge in [-0.2, -0.15) is 0 Å². The van der Waals surface area contributed by atoms with Crippen LogP contribution in [0.1, 0.15) is 43.2 Å². The minimum atomic E-state index is 0.228. The van der Waals surface area contributed by atoms with Gasteiger partial charge in [-0.1, -0.05) is 31.4 Å². The SMILES string of the molecule is O=C(Nc1cccc2c1CCNC2)C1CCCCC1. The van der Waals surface area contributed by atoms with E-state index in [2.05, 4.69) is 16.7 Å². The monoisotopic (exact) mass is 258 g/mol. The summed E-state index contributed by atoms with van der Waals surface area (Å²) < 4.78 is 0. The first-order valence-corrected chi connectivity index (χ1v) is 7.47. The largest absolute Gasteiger partial charge is 0.326 e. The van der Waals surface area contributed by atoms with Gasteiger partial charge in [-0.3, -0.25) is 4.79 Å². The van der Waals surface area contributed by atoms with Crippen LogP contribution in [-0.4, -0.2) is 12.5 Å². The maximum atomic E-state index is 12.3. The molecule has 1 heterocycles. The Bertz CT molecular complexity index is 464. The molecule has 2 N–H and O–H groups in total. The van der Waals surface area contributed by atoms with E-state index in [0.29, 0.717) is 0 Å². The van der Waals surface area contributed by atoms with Gasteiger partial charge in [-0.15, -0.1) is 0 Å². The third kappa shape index (κ3) is 2.81. The standard InChI is InChI=1S/C16H22N2O/c19-16(12-5-2-1-3-6-12)18-15-8-4-7-13-11-17-10-9-14(13)15/h4,7-8,12,17H,1-3,5-6,9-11H2,(H,18,19). The summed E-state index contributed by atoms with van der Waals surface area (Å²) in [6.45, 7) is 1.92. The molecule has 1 aromatic carbocycles. The van der Waals surface area contributed by atoms with E-state index < -0.39 is 0 Å². The Morgan fingerprint density at radius 1 is 1.21 bits per heavy atom. The molecule has 0 unspecified atom stereocenters. The molecule has 0 atom stereocenters. The van der Waals surface area contributed by atoms with Crippen LogP contribution in [0.2, 0.25) is 0 Å². The fourth-order valence-corrected chi connectivity index (χ4v) is 3.25. The van der Waals surface area contributed by atoms with E-state index in [-0.39, 0.29) is 11.8 Å². The number of hydrogen-bond acceptors (Lipinski definition) is 2. The van der Waals surface area contributed by atoms with Gasteiger partial charge in [0.05, 0.1) is 0 Å². The summed E-state index contributed by atoms with van der Waals surface area (Å²) in [5.41, 5.74) is 3.69. The molecule has 1 fully saturated rings. The normalized spacial score (nSPS) is 19.8. The summed E-state index contributed by atoms with van der Waals surface area (Å²) in [5, 5.41) is 6.55. The first kappa shape index (κ1) is 12.7. The summed E-state index contributed by atoms with van der Waals surface area (Å²) in [6, 6.07) is 6.24. The van der Waals surface area contributed by atoms with Crippen molar-refractivity contribution in [3.63, 3.8) is 0 Å². The van der Waals surface area contributed by atoms with Gasteiger partial charge >= 0.3 is 0 Å². The van der Waals surface area contributed by atoms with Crippen molar-refractivity contribution in [3.8, 4) is 0 Å². The van der Waals surface area contributed by atoms with Crippen molar-refractivity contribution in [2.75, 3.05) is 11.9 Å². The van der Waals surface area contributed by atoms with E-state index in [0.717, 1.165) is 38.0 Å². The van der Waals surface area contributed by atoms with Gasteiger partial charge in [-0.05, 0) is 43.0 Å². The number of anilines is 1. The van der Waals surface area contributed by atoms with Gasteiger partial charge in [0.15, 0.2) is 0 Å². The second-order valence-electron chi connectivity index (χ2n) is 5.69. The average molecular weight is 258 g/mol. The number of carbonyl (C=O) groups is 1. The molecule has 1 amide bonds. The number of amides is 1. The molecule has 0 aromatic heterocycles. The molecule has 102 valence electrons. The third-order valence-corrected chi connectivity index (χ3v) is 4.37. The molecule has 3 nitrogen and oxygen atoms in total. The van der Waals surface area contributed by atoms with Gasteiger partial charge < -0.3 is 10.6 Å². The molecule has 0 bridgehead atoms. The molecule has 3 rings (SSSR count). The molecule has 19 heavy (non-hydrogen) atoms. The second-order valence-corrected chi connectivity index (χ2v) is 5.69. The van der Waals surface area contributed by atoms with Gasteiger partial charge in [0, 0.05) is 18.2 Å². The Morgan fingerprint density at radius 3 is 2.89 bits per heavy atom. The topological polar surface area (TPSA) is 41.1 Å². The Morgan fingerprint density at radius 2 is 2.05 bits per heavy atom. The van der Waals surface area contributed by atoms with E-state index in [1.807, 2.05) is 12.1 Å². The third-order valence-electron chi connectivity index (χ3n) is 4.37. The highest BCUT2D eigenvalue weighted by Gasteiger charge is 2.22. The molecule has 0 radical (unpaired) electrons. The predicted molar refractivity (Wildman–Crippen MR) is 77.1 cm³/mol. The maximum absolute atomic E-state index is 12.3. The highest BCUT2D eigenvalue weighted by molar-refractivity contribution is 5.93. The fourth-order valence-electron chi connectivity index (χ4n) is 3.25. The molecule has 1 saturated carbocycles.